The SMILES string of the molecule is CCCNc1nc(C)nc(-c2cc(Br)ccc2F)c1C. The molecular weight excluding hydrogens is 321 g/mol. The van der Waals surface area contributed by atoms with Crippen LogP contribution in [-0.4, -0.2) is 16.5 Å². The molecule has 0 amide bonds. The third kappa shape index (κ3) is 3.15. The van der Waals surface area contributed by atoms with Crippen molar-refractivity contribution in [2.45, 2.75) is 27.2 Å². The van der Waals surface area contributed by atoms with Crippen molar-refractivity contribution < 1.29 is 4.39 Å². The molecule has 0 saturated carbocycles. The zero-order valence-corrected chi connectivity index (χ0v) is 13.4. The molecule has 106 valence electrons. The lowest BCUT2D eigenvalue weighted by atomic mass is 10.1. The molecule has 0 unspecified atom stereocenters. The average Bonchev–Trinajstić information content (AvgIpc) is 2.42. The Kier molecular flexibility index (Phi) is 4.70. The molecule has 20 heavy (non-hydrogen) atoms. The molecule has 3 nitrogen and oxygen atoms in total. The Hall–Kier alpha value is -1.49. The minimum absolute atomic E-state index is 0.282. The summed E-state index contributed by atoms with van der Waals surface area (Å²) in [5.74, 6) is 1.12. The number of aromatic nitrogens is 2. The number of nitrogens with zero attached hydrogens (tertiary/aromatic N) is 2. The van der Waals surface area contributed by atoms with Crippen LogP contribution < -0.4 is 5.32 Å². The number of nitrogens with one attached hydrogen (secondary N) is 1. The Morgan fingerprint density at radius 1 is 1.25 bits per heavy atom. The second-order valence-corrected chi connectivity index (χ2v) is 5.56. The predicted octanol–water partition coefficient (Wildman–Crippen LogP) is 4.48. The zero-order valence-electron chi connectivity index (χ0n) is 11.8. The molecule has 2 aromatic rings. The first-order valence-corrected chi connectivity index (χ1v) is 7.36. The minimum atomic E-state index is -0.282. The van der Waals surface area contributed by atoms with Gasteiger partial charge in [0.25, 0.3) is 0 Å². The summed E-state index contributed by atoms with van der Waals surface area (Å²) in [6, 6.07) is 4.86. The molecule has 0 aliphatic carbocycles. The van der Waals surface area contributed by atoms with Gasteiger partial charge in [0.1, 0.15) is 17.5 Å². The highest BCUT2D eigenvalue weighted by Gasteiger charge is 2.14. The second kappa shape index (κ2) is 6.31. The largest absolute Gasteiger partial charge is 0.370 e. The van der Waals surface area contributed by atoms with Gasteiger partial charge in [0, 0.05) is 22.1 Å². The zero-order chi connectivity index (χ0) is 14.7. The first-order chi connectivity index (χ1) is 9.52. The van der Waals surface area contributed by atoms with Gasteiger partial charge in [-0.3, -0.25) is 0 Å². The van der Waals surface area contributed by atoms with Crippen LogP contribution in [0.2, 0.25) is 0 Å². The molecule has 0 atom stereocenters. The molecular formula is C15H17BrFN3. The second-order valence-electron chi connectivity index (χ2n) is 4.64. The molecule has 1 N–H and O–H groups in total. The number of benzene rings is 1. The molecule has 1 aromatic heterocycles. The van der Waals surface area contributed by atoms with E-state index < -0.39 is 0 Å². The van der Waals surface area contributed by atoms with E-state index in [9.17, 15) is 4.39 Å². The van der Waals surface area contributed by atoms with Gasteiger partial charge in [0.05, 0.1) is 5.69 Å². The quantitative estimate of drug-likeness (QED) is 0.893. The van der Waals surface area contributed by atoms with Crippen molar-refractivity contribution in [1.29, 1.82) is 0 Å². The number of rotatable bonds is 4. The van der Waals surface area contributed by atoms with Crippen molar-refractivity contribution in [3.8, 4) is 11.3 Å². The van der Waals surface area contributed by atoms with Crippen LogP contribution in [0.1, 0.15) is 24.7 Å². The van der Waals surface area contributed by atoms with Gasteiger partial charge in [-0.1, -0.05) is 22.9 Å². The molecule has 1 heterocycles. The van der Waals surface area contributed by atoms with Crippen molar-refractivity contribution in [2.24, 2.45) is 0 Å². The summed E-state index contributed by atoms with van der Waals surface area (Å²) in [4.78, 5) is 8.79. The Morgan fingerprint density at radius 3 is 2.70 bits per heavy atom. The molecule has 1 aromatic carbocycles. The van der Waals surface area contributed by atoms with Gasteiger partial charge >= 0.3 is 0 Å². The fourth-order valence-corrected chi connectivity index (χ4v) is 2.35. The Balaban J connectivity index is 2.56. The molecule has 0 spiro atoms. The van der Waals surface area contributed by atoms with Crippen molar-refractivity contribution in [3.63, 3.8) is 0 Å². The smallest absolute Gasteiger partial charge is 0.133 e. The minimum Gasteiger partial charge on any atom is -0.370 e. The summed E-state index contributed by atoms with van der Waals surface area (Å²) >= 11 is 3.37. The molecule has 0 aliphatic heterocycles. The standard InChI is InChI=1S/C15H17BrFN3/c1-4-7-18-15-9(2)14(19-10(3)20-15)12-8-11(16)5-6-13(12)17/h5-6,8H,4,7H2,1-3H3,(H,18,19,20). The summed E-state index contributed by atoms with van der Waals surface area (Å²) in [6.45, 7) is 6.64. The lowest BCUT2D eigenvalue weighted by Gasteiger charge is -2.13. The van der Waals surface area contributed by atoms with E-state index >= 15 is 0 Å². The predicted molar refractivity (Wildman–Crippen MR) is 83.4 cm³/mol. The summed E-state index contributed by atoms with van der Waals surface area (Å²) in [6.07, 6.45) is 1.00. The summed E-state index contributed by atoms with van der Waals surface area (Å²) < 4.78 is 14.9. The molecule has 2 rings (SSSR count). The van der Waals surface area contributed by atoms with Crippen molar-refractivity contribution in [1.82, 2.24) is 9.97 Å². The van der Waals surface area contributed by atoms with E-state index in [1.165, 1.54) is 6.07 Å². The number of anilines is 1. The van der Waals surface area contributed by atoms with E-state index in [4.69, 9.17) is 0 Å². The Labute approximate surface area is 126 Å². The van der Waals surface area contributed by atoms with Gasteiger partial charge in [-0.05, 0) is 38.5 Å². The van der Waals surface area contributed by atoms with Gasteiger partial charge in [-0.15, -0.1) is 0 Å². The Morgan fingerprint density at radius 2 is 2.00 bits per heavy atom. The van der Waals surface area contributed by atoms with E-state index in [1.807, 2.05) is 13.8 Å². The van der Waals surface area contributed by atoms with Crippen LogP contribution in [-0.2, 0) is 0 Å². The van der Waals surface area contributed by atoms with Crippen molar-refractivity contribution in [3.05, 3.63) is 39.9 Å². The van der Waals surface area contributed by atoms with E-state index in [-0.39, 0.29) is 5.82 Å². The number of hydrogen-bond donors (Lipinski definition) is 1. The summed E-state index contributed by atoms with van der Waals surface area (Å²) in [5, 5.41) is 3.26. The van der Waals surface area contributed by atoms with Crippen molar-refractivity contribution >= 4 is 21.7 Å². The highest BCUT2D eigenvalue weighted by Crippen LogP contribution is 2.30. The van der Waals surface area contributed by atoms with Gasteiger partial charge in [0.2, 0.25) is 0 Å². The molecule has 0 saturated heterocycles. The highest BCUT2D eigenvalue weighted by atomic mass is 79.9. The van der Waals surface area contributed by atoms with E-state index in [0.717, 1.165) is 28.8 Å². The number of aryl methyl sites for hydroxylation is 1. The van der Waals surface area contributed by atoms with Crippen LogP contribution in [0.25, 0.3) is 11.3 Å². The Bertz CT molecular complexity index is 629. The number of halogens is 2. The monoisotopic (exact) mass is 337 g/mol. The van der Waals surface area contributed by atoms with Crippen LogP contribution in [0, 0.1) is 19.7 Å². The molecule has 0 bridgehead atoms. The van der Waals surface area contributed by atoms with E-state index in [2.05, 4.69) is 38.1 Å². The topological polar surface area (TPSA) is 37.8 Å². The van der Waals surface area contributed by atoms with Gasteiger partial charge in [-0.2, -0.15) is 0 Å². The maximum atomic E-state index is 14.0. The molecule has 5 heteroatoms. The van der Waals surface area contributed by atoms with Gasteiger partial charge in [0.15, 0.2) is 0 Å². The van der Waals surface area contributed by atoms with Gasteiger partial charge < -0.3 is 5.32 Å². The van der Waals surface area contributed by atoms with E-state index in [1.54, 1.807) is 12.1 Å². The van der Waals surface area contributed by atoms with Crippen LogP contribution in [0.3, 0.4) is 0 Å². The maximum absolute atomic E-state index is 14.0. The first kappa shape index (κ1) is 14.9. The summed E-state index contributed by atoms with van der Waals surface area (Å²) in [7, 11) is 0. The fraction of sp³-hybridized carbons (Fsp3) is 0.333. The molecule has 0 fully saturated rings. The third-order valence-electron chi connectivity index (χ3n) is 2.98. The van der Waals surface area contributed by atoms with Crippen LogP contribution >= 0.6 is 15.9 Å². The molecule has 0 aliphatic rings. The average molecular weight is 338 g/mol. The summed E-state index contributed by atoms with van der Waals surface area (Å²) in [5.41, 5.74) is 1.98. The van der Waals surface area contributed by atoms with Crippen molar-refractivity contribution in [2.75, 3.05) is 11.9 Å². The van der Waals surface area contributed by atoms with Crippen LogP contribution in [0.5, 0.6) is 0 Å². The highest BCUT2D eigenvalue weighted by molar-refractivity contribution is 9.10. The van der Waals surface area contributed by atoms with E-state index in [0.29, 0.717) is 17.1 Å². The van der Waals surface area contributed by atoms with Crippen LogP contribution in [0.15, 0.2) is 22.7 Å². The van der Waals surface area contributed by atoms with Gasteiger partial charge in [-0.25, -0.2) is 14.4 Å². The molecule has 0 radical (unpaired) electrons. The third-order valence-corrected chi connectivity index (χ3v) is 3.48. The first-order valence-electron chi connectivity index (χ1n) is 6.57. The lowest BCUT2D eigenvalue weighted by Crippen LogP contribution is -2.08. The maximum Gasteiger partial charge on any atom is 0.133 e. The lowest BCUT2D eigenvalue weighted by molar-refractivity contribution is 0.630. The van der Waals surface area contributed by atoms with Crippen LogP contribution in [0.4, 0.5) is 10.2 Å². The number of hydrogen-bond acceptors (Lipinski definition) is 3. The normalized spacial score (nSPS) is 10.7. The fourth-order valence-electron chi connectivity index (χ4n) is 1.99.